The molecular formula is C24H21Cl2N3O4S. The van der Waals surface area contributed by atoms with Crippen LogP contribution in [-0.2, 0) is 19.1 Å². The van der Waals surface area contributed by atoms with Crippen LogP contribution in [0.1, 0.15) is 24.0 Å². The van der Waals surface area contributed by atoms with E-state index in [-0.39, 0.29) is 28.9 Å². The monoisotopic (exact) mass is 517 g/mol. The van der Waals surface area contributed by atoms with Crippen molar-refractivity contribution in [3.05, 3.63) is 74.2 Å². The number of halogens is 2. The molecular weight excluding hydrogens is 497 g/mol. The van der Waals surface area contributed by atoms with Crippen LogP contribution >= 0.6 is 35.0 Å². The van der Waals surface area contributed by atoms with Gasteiger partial charge in [0.15, 0.2) is 0 Å². The van der Waals surface area contributed by atoms with Crippen LogP contribution in [0.3, 0.4) is 0 Å². The number of nitrogens with zero attached hydrogens (tertiary/aromatic N) is 1. The van der Waals surface area contributed by atoms with Crippen LogP contribution in [0, 0.1) is 24.2 Å². The SMILES string of the molecule is CCOC(=O)C1C(=O)NC(SCC(=O)Nc2cccc(Cl)c2C)=C(C#N)C1c1ccccc1Cl. The van der Waals surface area contributed by atoms with Crippen molar-refractivity contribution in [1.29, 1.82) is 5.26 Å². The molecule has 0 bridgehead atoms. The number of ether oxygens (including phenoxy) is 1. The Kier molecular flexibility index (Phi) is 8.61. The van der Waals surface area contributed by atoms with Gasteiger partial charge in [-0.3, -0.25) is 14.4 Å². The minimum atomic E-state index is -1.29. The molecule has 2 N–H and O–H groups in total. The fourth-order valence-corrected chi connectivity index (χ4v) is 4.83. The Morgan fingerprint density at radius 3 is 2.56 bits per heavy atom. The zero-order chi connectivity index (χ0) is 24.8. The quantitative estimate of drug-likeness (QED) is 0.403. The highest BCUT2D eigenvalue weighted by Gasteiger charge is 2.45. The van der Waals surface area contributed by atoms with Crippen molar-refractivity contribution in [2.75, 3.05) is 17.7 Å². The van der Waals surface area contributed by atoms with E-state index in [2.05, 4.69) is 16.7 Å². The van der Waals surface area contributed by atoms with Gasteiger partial charge in [0.05, 0.1) is 29.0 Å². The van der Waals surface area contributed by atoms with E-state index >= 15 is 0 Å². The first-order valence-electron chi connectivity index (χ1n) is 10.3. The Bertz CT molecular complexity index is 1210. The van der Waals surface area contributed by atoms with Crippen molar-refractivity contribution in [3.63, 3.8) is 0 Å². The number of hydrogen-bond acceptors (Lipinski definition) is 6. The highest BCUT2D eigenvalue weighted by molar-refractivity contribution is 8.03. The lowest BCUT2D eigenvalue weighted by molar-refractivity contribution is -0.152. The fraction of sp³-hybridized carbons (Fsp3) is 0.250. The van der Waals surface area contributed by atoms with E-state index in [9.17, 15) is 19.6 Å². The number of anilines is 1. The molecule has 1 heterocycles. The minimum Gasteiger partial charge on any atom is -0.465 e. The number of allylic oxidation sites excluding steroid dienone is 1. The Balaban J connectivity index is 1.92. The number of nitriles is 1. The first-order chi connectivity index (χ1) is 16.3. The molecule has 2 aromatic rings. The van der Waals surface area contributed by atoms with Gasteiger partial charge in [0.25, 0.3) is 0 Å². The summed E-state index contributed by atoms with van der Waals surface area (Å²) in [5.41, 5.74) is 1.87. The van der Waals surface area contributed by atoms with Gasteiger partial charge in [-0.15, -0.1) is 0 Å². The molecule has 0 saturated heterocycles. The Labute approximate surface area is 211 Å². The van der Waals surface area contributed by atoms with E-state index in [0.29, 0.717) is 21.3 Å². The largest absolute Gasteiger partial charge is 0.465 e. The van der Waals surface area contributed by atoms with Gasteiger partial charge in [0.1, 0.15) is 5.92 Å². The number of rotatable bonds is 7. The van der Waals surface area contributed by atoms with E-state index in [1.807, 2.05) is 0 Å². The van der Waals surface area contributed by atoms with Crippen LogP contribution in [0.4, 0.5) is 5.69 Å². The zero-order valence-corrected chi connectivity index (χ0v) is 20.7. The van der Waals surface area contributed by atoms with E-state index in [4.69, 9.17) is 27.9 Å². The van der Waals surface area contributed by atoms with Gasteiger partial charge in [-0.05, 0) is 43.2 Å². The van der Waals surface area contributed by atoms with E-state index in [0.717, 1.165) is 17.3 Å². The predicted octanol–water partition coefficient (Wildman–Crippen LogP) is 4.80. The number of hydrogen-bond donors (Lipinski definition) is 2. The average molecular weight is 518 g/mol. The standard InChI is InChI=1S/C24H21Cl2N3O4S/c1-3-33-24(32)21-20(14-7-4-5-8-17(14)26)15(11-27)23(29-22(21)31)34-12-19(30)28-18-10-6-9-16(25)13(18)2/h4-10,20-21H,3,12H2,1-2H3,(H,28,30)(H,29,31). The lowest BCUT2D eigenvalue weighted by atomic mass is 9.78. The summed E-state index contributed by atoms with van der Waals surface area (Å²) in [6.07, 6.45) is 0. The van der Waals surface area contributed by atoms with E-state index in [1.54, 1.807) is 56.3 Å². The second-order valence-corrected chi connectivity index (χ2v) is 9.12. The van der Waals surface area contributed by atoms with Crippen molar-refractivity contribution in [1.82, 2.24) is 5.32 Å². The maximum atomic E-state index is 13.0. The summed E-state index contributed by atoms with van der Waals surface area (Å²) in [6, 6.07) is 14.0. The van der Waals surface area contributed by atoms with Gasteiger partial charge in [-0.1, -0.05) is 59.2 Å². The van der Waals surface area contributed by atoms with Gasteiger partial charge in [-0.25, -0.2) is 0 Å². The highest BCUT2D eigenvalue weighted by atomic mass is 35.5. The molecule has 0 radical (unpaired) electrons. The third kappa shape index (κ3) is 5.55. The van der Waals surface area contributed by atoms with Crippen LogP contribution < -0.4 is 10.6 Å². The third-order valence-electron chi connectivity index (χ3n) is 5.20. The van der Waals surface area contributed by atoms with Gasteiger partial charge in [-0.2, -0.15) is 5.26 Å². The molecule has 2 unspecified atom stereocenters. The predicted molar refractivity (Wildman–Crippen MR) is 132 cm³/mol. The molecule has 7 nitrogen and oxygen atoms in total. The van der Waals surface area contributed by atoms with Crippen molar-refractivity contribution < 1.29 is 19.1 Å². The smallest absolute Gasteiger partial charge is 0.319 e. The van der Waals surface area contributed by atoms with Gasteiger partial charge in [0, 0.05) is 21.7 Å². The van der Waals surface area contributed by atoms with Crippen LogP contribution in [0.2, 0.25) is 10.0 Å². The number of carbonyl (C=O) groups is 3. The van der Waals surface area contributed by atoms with Crippen LogP contribution in [0.15, 0.2) is 53.1 Å². The fourth-order valence-electron chi connectivity index (χ4n) is 3.55. The molecule has 2 aromatic carbocycles. The second kappa shape index (κ2) is 11.4. The lowest BCUT2D eigenvalue weighted by Gasteiger charge is -2.31. The lowest BCUT2D eigenvalue weighted by Crippen LogP contribution is -2.44. The molecule has 34 heavy (non-hydrogen) atoms. The second-order valence-electron chi connectivity index (χ2n) is 7.32. The maximum absolute atomic E-state index is 13.0. The van der Waals surface area contributed by atoms with E-state index in [1.165, 1.54) is 0 Å². The number of benzene rings is 2. The van der Waals surface area contributed by atoms with Gasteiger partial charge >= 0.3 is 5.97 Å². The van der Waals surface area contributed by atoms with Crippen LogP contribution in [-0.4, -0.2) is 30.1 Å². The average Bonchev–Trinajstić information content (AvgIpc) is 2.80. The Morgan fingerprint density at radius 1 is 1.18 bits per heavy atom. The summed E-state index contributed by atoms with van der Waals surface area (Å²) >= 11 is 13.5. The summed E-state index contributed by atoms with van der Waals surface area (Å²) in [5.74, 6) is -4.07. The number of carbonyl (C=O) groups excluding carboxylic acids is 3. The molecule has 2 amide bonds. The normalized spacial score (nSPS) is 17.6. The van der Waals surface area contributed by atoms with Crippen molar-refractivity contribution in [2.45, 2.75) is 19.8 Å². The highest BCUT2D eigenvalue weighted by Crippen LogP contribution is 2.42. The molecule has 1 aliphatic heterocycles. The van der Waals surface area contributed by atoms with Crippen LogP contribution in [0.25, 0.3) is 0 Å². The Morgan fingerprint density at radius 2 is 1.88 bits per heavy atom. The first-order valence-corrected chi connectivity index (χ1v) is 12.1. The molecule has 2 atom stereocenters. The summed E-state index contributed by atoms with van der Waals surface area (Å²) in [4.78, 5) is 38.2. The summed E-state index contributed by atoms with van der Waals surface area (Å²) < 4.78 is 5.10. The summed E-state index contributed by atoms with van der Waals surface area (Å²) in [7, 11) is 0. The molecule has 0 saturated carbocycles. The van der Waals surface area contributed by atoms with Crippen LogP contribution in [0.5, 0.6) is 0 Å². The van der Waals surface area contributed by atoms with Crippen molar-refractivity contribution in [2.24, 2.45) is 5.92 Å². The molecule has 10 heteroatoms. The van der Waals surface area contributed by atoms with Gasteiger partial charge in [0.2, 0.25) is 11.8 Å². The molecule has 0 fully saturated rings. The molecule has 3 rings (SSSR count). The molecule has 176 valence electrons. The number of thioether (sulfide) groups is 1. The minimum absolute atomic E-state index is 0.0775. The number of esters is 1. The number of amides is 2. The van der Waals surface area contributed by atoms with Gasteiger partial charge < -0.3 is 15.4 Å². The molecule has 0 aliphatic carbocycles. The number of nitrogens with one attached hydrogen (secondary N) is 2. The Hall–Kier alpha value is -2.99. The zero-order valence-electron chi connectivity index (χ0n) is 18.4. The third-order valence-corrected chi connectivity index (χ3v) is 6.97. The molecule has 0 aromatic heterocycles. The topological polar surface area (TPSA) is 108 Å². The maximum Gasteiger partial charge on any atom is 0.319 e. The van der Waals surface area contributed by atoms with Crippen molar-refractivity contribution >= 4 is 58.4 Å². The molecule has 0 spiro atoms. The molecule has 1 aliphatic rings. The first kappa shape index (κ1) is 25.6. The summed E-state index contributed by atoms with van der Waals surface area (Å²) in [6.45, 7) is 3.49. The summed E-state index contributed by atoms with van der Waals surface area (Å²) in [5, 5.41) is 16.4. The van der Waals surface area contributed by atoms with Crippen molar-refractivity contribution in [3.8, 4) is 6.07 Å². The van der Waals surface area contributed by atoms with E-state index < -0.39 is 23.7 Å².